The second-order valence-corrected chi connectivity index (χ2v) is 14.6. The second-order valence-electron chi connectivity index (χ2n) is 14.2. The first-order chi connectivity index (χ1) is 23.6. The van der Waals surface area contributed by atoms with E-state index in [4.69, 9.17) is 40.3 Å². The molecule has 2 atom stereocenters. The SMILES string of the molecule is COc1cc(C(=O)CCC(C)(O)c2cc(C(C)(C)NC(=O)OC(C)(C)C)cc(-c3ccc(F)c(Cl)c3)n2)ccc1OCC(C)OC(=O)OC(C)C. The third-order valence-corrected chi connectivity index (χ3v) is 7.84. The number of carbonyl (C=O) groups excluding carboxylic acids is 3. The predicted octanol–water partition coefficient (Wildman–Crippen LogP) is 8.51. The number of Topliss-reactive ketones (excluding diaryl/α,β-unsaturated/α-hetero) is 1. The molecule has 278 valence electrons. The van der Waals surface area contributed by atoms with E-state index in [9.17, 15) is 23.9 Å². The van der Waals surface area contributed by atoms with Crippen LogP contribution in [-0.2, 0) is 25.4 Å². The van der Waals surface area contributed by atoms with Crippen LogP contribution in [0.1, 0.15) is 96.8 Å². The molecule has 1 heterocycles. The monoisotopic (exact) mass is 730 g/mol. The van der Waals surface area contributed by atoms with Crippen LogP contribution in [0.4, 0.5) is 14.0 Å². The van der Waals surface area contributed by atoms with Gasteiger partial charge in [-0.05, 0) is 123 Å². The number of nitrogens with one attached hydrogen (secondary N) is 1. The molecule has 2 N–H and O–H groups in total. The van der Waals surface area contributed by atoms with Gasteiger partial charge in [0.2, 0.25) is 0 Å². The average Bonchev–Trinajstić information content (AvgIpc) is 3.02. The van der Waals surface area contributed by atoms with Crippen LogP contribution in [-0.4, -0.2) is 59.6 Å². The zero-order valence-corrected chi connectivity index (χ0v) is 31.6. The summed E-state index contributed by atoms with van der Waals surface area (Å²) in [6, 6.07) is 12.2. The summed E-state index contributed by atoms with van der Waals surface area (Å²) in [5, 5.41) is 14.5. The van der Waals surface area contributed by atoms with E-state index < -0.39 is 40.9 Å². The summed E-state index contributed by atoms with van der Waals surface area (Å²) in [6.07, 6.45) is -2.47. The average molecular weight is 731 g/mol. The Hall–Kier alpha value is -4.42. The maximum atomic E-state index is 14.0. The van der Waals surface area contributed by atoms with Crippen molar-refractivity contribution in [3.63, 3.8) is 0 Å². The van der Waals surface area contributed by atoms with Gasteiger partial charge in [-0.3, -0.25) is 4.79 Å². The van der Waals surface area contributed by atoms with Crippen LogP contribution >= 0.6 is 11.6 Å². The maximum Gasteiger partial charge on any atom is 0.508 e. The molecule has 0 saturated carbocycles. The Bertz CT molecular complexity index is 1720. The number of rotatable bonds is 14. The lowest BCUT2D eigenvalue weighted by Crippen LogP contribution is -2.44. The van der Waals surface area contributed by atoms with E-state index in [1.54, 1.807) is 86.6 Å². The van der Waals surface area contributed by atoms with E-state index in [-0.39, 0.29) is 42.1 Å². The second kappa shape index (κ2) is 16.7. The van der Waals surface area contributed by atoms with Gasteiger partial charge in [-0.25, -0.2) is 19.0 Å². The number of amides is 1. The molecular weight excluding hydrogens is 683 g/mol. The molecule has 13 heteroatoms. The zero-order valence-electron chi connectivity index (χ0n) is 30.8. The Morgan fingerprint density at radius 3 is 2.24 bits per heavy atom. The molecule has 0 spiro atoms. The van der Waals surface area contributed by atoms with Crippen LogP contribution < -0.4 is 14.8 Å². The Balaban J connectivity index is 1.84. The Kier molecular flexibility index (Phi) is 13.5. The van der Waals surface area contributed by atoms with Crippen molar-refractivity contribution in [3.05, 3.63) is 76.2 Å². The zero-order chi connectivity index (χ0) is 38.3. The summed E-state index contributed by atoms with van der Waals surface area (Å²) in [7, 11) is 1.44. The van der Waals surface area contributed by atoms with Crippen molar-refractivity contribution in [2.45, 2.75) is 104 Å². The number of nitrogens with zero attached hydrogens (tertiary/aromatic N) is 1. The number of halogens is 2. The summed E-state index contributed by atoms with van der Waals surface area (Å²) in [4.78, 5) is 42.6. The molecule has 0 aliphatic carbocycles. The number of aliphatic hydroxyl groups is 1. The smallest absolute Gasteiger partial charge is 0.493 e. The molecule has 0 saturated heterocycles. The maximum absolute atomic E-state index is 14.0. The van der Waals surface area contributed by atoms with E-state index in [1.165, 1.54) is 31.4 Å². The minimum Gasteiger partial charge on any atom is -0.493 e. The first-order valence-electron chi connectivity index (χ1n) is 16.5. The van der Waals surface area contributed by atoms with Gasteiger partial charge >= 0.3 is 12.2 Å². The quantitative estimate of drug-likeness (QED) is 0.122. The Morgan fingerprint density at radius 1 is 0.941 bits per heavy atom. The molecule has 0 aliphatic heterocycles. The van der Waals surface area contributed by atoms with Crippen molar-refractivity contribution in [1.29, 1.82) is 0 Å². The fourth-order valence-corrected chi connectivity index (χ4v) is 5.00. The minimum atomic E-state index is -1.62. The number of ketones is 1. The van der Waals surface area contributed by atoms with Gasteiger partial charge in [0.1, 0.15) is 29.7 Å². The molecule has 1 aromatic heterocycles. The van der Waals surface area contributed by atoms with Gasteiger partial charge in [-0.1, -0.05) is 11.6 Å². The molecular formula is C38H48ClFN2O9. The van der Waals surface area contributed by atoms with Crippen molar-refractivity contribution in [2.75, 3.05) is 13.7 Å². The van der Waals surface area contributed by atoms with E-state index in [2.05, 4.69) is 5.32 Å². The lowest BCUT2D eigenvalue weighted by atomic mass is 9.87. The van der Waals surface area contributed by atoms with E-state index in [0.717, 1.165) is 0 Å². The van der Waals surface area contributed by atoms with Gasteiger partial charge in [0.15, 0.2) is 17.3 Å². The summed E-state index contributed by atoms with van der Waals surface area (Å²) >= 11 is 6.09. The van der Waals surface area contributed by atoms with Crippen molar-refractivity contribution >= 4 is 29.6 Å². The lowest BCUT2D eigenvalue weighted by molar-refractivity contribution is -0.000668. The minimum absolute atomic E-state index is 0.0159. The molecule has 11 nitrogen and oxygen atoms in total. The first kappa shape index (κ1) is 41.0. The van der Waals surface area contributed by atoms with Gasteiger partial charge in [-0.2, -0.15) is 0 Å². The molecule has 3 aromatic rings. The highest BCUT2D eigenvalue weighted by atomic mass is 35.5. The van der Waals surface area contributed by atoms with E-state index in [0.29, 0.717) is 33.9 Å². The normalized spacial score (nSPS) is 13.5. The molecule has 2 unspecified atom stereocenters. The summed E-state index contributed by atoms with van der Waals surface area (Å²) in [5.41, 5.74) is -1.40. The van der Waals surface area contributed by atoms with Crippen molar-refractivity contribution in [1.82, 2.24) is 10.3 Å². The number of hydrogen-bond donors (Lipinski definition) is 2. The van der Waals surface area contributed by atoms with Crippen LogP contribution in [0.25, 0.3) is 11.3 Å². The summed E-state index contributed by atoms with van der Waals surface area (Å²) in [6.45, 7) is 15.4. The van der Waals surface area contributed by atoms with Gasteiger partial charge < -0.3 is 34.1 Å². The number of alkyl carbamates (subject to hydrolysis) is 1. The van der Waals surface area contributed by atoms with Crippen LogP contribution in [0.2, 0.25) is 5.02 Å². The molecule has 2 aromatic carbocycles. The Morgan fingerprint density at radius 2 is 1.63 bits per heavy atom. The van der Waals surface area contributed by atoms with Gasteiger partial charge in [-0.15, -0.1) is 0 Å². The topological polar surface area (TPSA) is 143 Å². The van der Waals surface area contributed by atoms with E-state index >= 15 is 0 Å². The third-order valence-electron chi connectivity index (χ3n) is 7.56. The standard InChI is InChI=1S/C38H48ClFN2O9/c1-22(2)49-35(45)50-23(3)21-48-31-14-12-25(18-32(31)47-10)30(43)15-16-38(9,46)33-20-26(37(7,8)42-34(44)51-36(4,5)6)19-29(41-33)24-11-13-28(40)27(39)17-24/h11-14,17-20,22-23,46H,15-16,21H2,1-10H3,(H,42,44). The number of benzene rings is 2. The lowest BCUT2D eigenvalue weighted by Gasteiger charge is -2.31. The number of carbonyl (C=O) groups is 3. The number of aromatic nitrogens is 1. The fraction of sp³-hybridized carbons (Fsp3) is 0.474. The van der Waals surface area contributed by atoms with Crippen molar-refractivity contribution in [3.8, 4) is 22.8 Å². The van der Waals surface area contributed by atoms with Crippen LogP contribution in [0.3, 0.4) is 0 Å². The fourth-order valence-electron chi connectivity index (χ4n) is 4.82. The highest BCUT2D eigenvalue weighted by Crippen LogP contribution is 2.35. The summed E-state index contributed by atoms with van der Waals surface area (Å²) in [5.74, 6) is -0.244. The van der Waals surface area contributed by atoms with Crippen molar-refractivity contribution < 1.29 is 47.6 Å². The predicted molar refractivity (Wildman–Crippen MR) is 191 cm³/mol. The van der Waals surface area contributed by atoms with Gasteiger partial charge in [0, 0.05) is 17.5 Å². The molecule has 0 aliphatic rings. The number of methoxy groups -OCH3 is 1. The molecule has 51 heavy (non-hydrogen) atoms. The number of pyridine rings is 1. The molecule has 0 radical (unpaired) electrons. The van der Waals surface area contributed by atoms with Crippen molar-refractivity contribution in [2.24, 2.45) is 0 Å². The highest BCUT2D eigenvalue weighted by molar-refractivity contribution is 6.31. The molecule has 1 amide bonds. The van der Waals surface area contributed by atoms with Crippen LogP contribution in [0.5, 0.6) is 11.5 Å². The summed E-state index contributed by atoms with van der Waals surface area (Å²) < 4.78 is 40.9. The Labute approximate surface area is 303 Å². The first-order valence-corrected chi connectivity index (χ1v) is 16.9. The molecule has 0 fully saturated rings. The van der Waals surface area contributed by atoms with Gasteiger partial charge in [0.25, 0.3) is 0 Å². The molecule has 0 bridgehead atoms. The molecule has 3 rings (SSSR count). The van der Waals surface area contributed by atoms with E-state index in [1.807, 2.05) is 0 Å². The number of hydrogen-bond acceptors (Lipinski definition) is 10. The number of ether oxygens (including phenoxy) is 5. The third kappa shape index (κ3) is 12.1. The largest absolute Gasteiger partial charge is 0.508 e. The van der Waals surface area contributed by atoms with Crippen LogP contribution in [0.15, 0.2) is 48.5 Å². The van der Waals surface area contributed by atoms with Gasteiger partial charge in [0.05, 0.1) is 35.2 Å². The van der Waals surface area contributed by atoms with Crippen LogP contribution in [0, 0.1) is 5.82 Å². The highest BCUT2D eigenvalue weighted by Gasteiger charge is 2.32.